The molecule has 2 unspecified atom stereocenters. The second-order valence-corrected chi connectivity index (χ2v) is 12.3. The number of rotatable bonds is 14. The number of nitrogens with zero attached hydrogens (tertiary/aromatic N) is 2. The second-order valence-electron chi connectivity index (χ2n) is 11.9. The molecule has 1 aliphatic carbocycles. The third-order valence-electron chi connectivity index (χ3n) is 8.53. The fourth-order valence-corrected chi connectivity index (χ4v) is 6.01. The molecular weight excluding hydrogens is 594 g/mol. The van der Waals surface area contributed by atoms with Crippen molar-refractivity contribution in [3.8, 4) is 0 Å². The van der Waals surface area contributed by atoms with Crippen LogP contribution in [-0.4, -0.2) is 67.3 Å². The Labute approximate surface area is 268 Å². The van der Waals surface area contributed by atoms with E-state index in [4.69, 9.17) is 27.1 Å². The summed E-state index contributed by atoms with van der Waals surface area (Å²) in [5, 5.41) is 9.37. The van der Waals surface area contributed by atoms with E-state index in [0.717, 1.165) is 24.0 Å². The van der Waals surface area contributed by atoms with Gasteiger partial charge in [-0.2, -0.15) is 0 Å². The Bertz CT molecular complexity index is 1610. The Morgan fingerprint density at radius 3 is 2.53 bits per heavy atom. The summed E-state index contributed by atoms with van der Waals surface area (Å²) in [5.41, 5.74) is 7.61. The molecule has 45 heavy (non-hydrogen) atoms. The molecule has 240 valence electrons. The smallest absolute Gasteiger partial charge is 0.270 e. The van der Waals surface area contributed by atoms with Crippen LogP contribution in [0.5, 0.6) is 0 Å². The molecule has 1 fully saturated rings. The number of H-pyrrole nitrogens is 1. The van der Waals surface area contributed by atoms with E-state index in [0.29, 0.717) is 28.4 Å². The van der Waals surface area contributed by atoms with Crippen molar-refractivity contribution in [1.29, 1.82) is 0 Å². The Kier molecular flexibility index (Phi) is 10.7. The van der Waals surface area contributed by atoms with Gasteiger partial charge in [0, 0.05) is 45.1 Å². The van der Waals surface area contributed by atoms with Gasteiger partial charge in [0.1, 0.15) is 11.5 Å². The van der Waals surface area contributed by atoms with E-state index < -0.39 is 17.4 Å². The van der Waals surface area contributed by atoms with Crippen molar-refractivity contribution in [3.05, 3.63) is 76.7 Å². The number of fused-ring (bicyclic) bond motifs is 1. The quantitative estimate of drug-likeness (QED) is 0.134. The largest absolute Gasteiger partial charge is 0.405 e. The summed E-state index contributed by atoms with van der Waals surface area (Å²) in [5.74, 6) is -0.452. The lowest BCUT2D eigenvalue weighted by Gasteiger charge is -2.32. The number of benzene rings is 2. The summed E-state index contributed by atoms with van der Waals surface area (Å²) in [4.78, 5) is 50.6. The number of aliphatic imine (C=N–C) groups is 1. The van der Waals surface area contributed by atoms with Gasteiger partial charge in [-0.25, -0.2) is 4.98 Å². The number of ether oxygens (including phenoxy) is 1. The molecule has 11 nitrogen and oxygen atoms in total. The number of nitrogens with two attached hydrogens (primary N) is 1. The fourth-order valence-electron chi connectivity index (χ4n) is 5.76. The highest BCUT2D eigenvalue weighted by molar-refractivity contribution is 6.43. The van der Waals surface area contributed by atoms with E-state index in [1.165, 1.54) is 26.2 Å². The maximum absolute atomic E-state index is 13.5. The number of halogens is 1. The Hall–Kier alpha value is -4.22. The molecule has 1 heterocycles. The number of carbonyl (C=O) groups is 3. The highest BCUT2D eigenvalue weighted by Crippen LogP contribution is 2.60. The minimum absolute atomic E-state index is 0.130. The minimum atomic E-state index is -1.03. The van der Waals surface area contributed by atoms with Crippen molar-refractivity contribution < 1.29 is 19.1 Å². The number of imidazole rings is 1. The van der Waals surface area contributed by atoms with Crippen LogP contribution < -0.4 is 21.7 Å². The van der Waals surface area contributed by atoms with Crippen LogP contribution in [0.25, 0.3) is 11.0 Å². The average molecular weight is 636 g/mol. The number of methoxy groups -OCH3 is 1. The van der Waals surface area contributed by atoms with Crippen molar-refractivity contribution in [1.82, 2.24) is 25.9 Å². The number of amides is 3. The maximum Gasteiger partial charge on any atom is 0.270 e. The molecule has 1 aromatic heterocycles. The zero-order chi connectivity index (χ0) is 32.8. The number of aromatic nitrogens is 2. The van der Waals surface area contributed by atoms with E-state index in [2.05, 4.69) is 32.9 Å². The molecule has 0 aliphatic heterocycles. The number of hydrogen-bond donors (Lipinski definition) is 5. The molecule has 3 amide bonds. The van der Waals surface area contributed by atoms with Crippen molar-refractivity contribution in [2.75, 3.05) is 33.9 Å². The molecular formula is C33H42ClN7O4. The van der Waals surface area contributed by atoms with Crippen LogP contribution in [-0.2, 0) is 24.5 Å². The highest BCUT2D eigenvalue weighted by Gasteiger charge is 2.51. The van der Waals surface area contributed by atoms with Crippen LogP contribution in [0.4, 0.5) is 0 Å². The minimum Gasteiger partial charge on any atom is -0.405 e. The molecule has 1 saturated carbocycles. The number of nitrogens with one attached hydrogen (secondary N) is 4. The summed E-state index contributed by atoms with van der Waals surface area (Å²) in [7, 11) is 3.08. The van der Waals surface area contributed by atoms with Gasteiger partial charge < -0.3 is 31.4 Å². The zero-order valence-electron chi connectivity index (χ0n) is 26.4. The summed E-state index contributed by atoms with van der Waals surface area (Å²) in [6.07, 6.45) is 4.66. The zero-order valence-corrected chi connectivity index (χ0v) is 27.1. The molecule has 0 saturated heterocycles. The predicted octanol–water partition coefficient (Wildman–Crippen LogP) is 3.66. The standard InChI is InChI=1S/C33H42ClN7O4/c1-20(42)37-16-17-38-31(44)33(3,19-45-5)21-10-11-24-26(18-21)40-29(39-24)28(41-30(43)25(36-4)12-15-35)27(32(2)13-14-32)22-8-6-7-9-23(22)34/h6-12,15,18,27-28H,13-14,16-17,19,35H2,1-5H3,(H,37,42)(H,38,44)(H,39,40)(H,41,43)/t27?,28-,33?/m0/s1. The number of aromatic amines is 1. The fraction of sp³-hybridized carbons (Fsp3) is 0.424. The first-order chi connectivity index (χ1) is 21.5. The van der Waals surface area contributed by atoms with Crippen LogP contribution in [0.3, 0.4) is 0 Å². The predicted molar refractivity (Wildman–Crippen MR) is 176 cm³/mol. The van der Waals surface area contributed by atoms with Gasteiger partial charge in [-0.3, -0.25) is 19.4 Å². The Balaban J connectivity index is 1.77. The van der Waals surface area contributed by atoms with E-state index >= 15 is 0 Å². The molecule has 6 N–H and O–H groups in total. The van der Waals surface area contributed by atoms with Gasteiger partial charge >= 0.3 is 0 Å². The van der Waals surface area contributed by atoms with E-state index in [1.807, 2.05) is 49.4 Å². The first-order valence-electron chi connectivity index (χ1n) is 14.9. The first-order valence-corrected chi connectivity index (χ1v) is 15.3. The third-order valence-corrected chi connectivity index (χ3v) is 8.87. The van der Waals surface area contributed by atoms with Gasteiger partial charge in [-0.15, -0.1) is 0 Å². The van der Waals surface area contributed by atoms with Crippen LogP contribution in [0.15, 0.2) is 59.7 Å². The van der Waals surface area contributed by atoms with E-state index in [1.54, 1.807) is 7.11 Å². The lowest BCUT2D eigenvalue weighted by atomic mass is 9.78. The molecule has 12 heteroatoms. The monoisotopic (exact) mass is 635 g/mol. The van der Waals surface area contributed by atoms with Gasteiger partial charge in [-0.1, -0.05) is 42.8 Å². The molecule has 0 radical (unpaired) electrons. The summed E-state index contributed by atoms with van der Waals surface area (Å²) >= 11 is 6.77. The summed E-state index contributed by atoms with van der Waals surface area (Å²) < 4.78 is 5.47. The van der Waals surface area contributed by atoms with Crippen molar-refractivity contribution >= 4 is 46.1 Å². The second kappa shape index (κ2) is 14.3. The van der Waals surface area contributed by atoms with Crippen LogP contribution in [0.2, 0.25) is 5.02 Å². The normalized spacial score (nSPS) is 17.0. The lowest BCUT2D eigenvalue weighted by Crippen LogP contribution is -2.47. The van der Waals surface area contributed by atoms with Crippen LogP contribution in [0, 0.1) is 5.41 Å². The molecule has 0 bridgehead atoms. The van der Waals surface area contributed by atoms with Crippen LogP contribution in [0.1, 0.15) is 62.5 Å². The molecule has 2 aromatic carbocycles. The van der Waals surface area contributed by atoms with Crippen molar-refractivity contribution in [2.24, 2.45) is 16.1 Å². The summed E-state index contributed by atoms with van der Waals surface area (Å²) in [6, 6.07) is 12.7. The van der Waals surface area contributed by atoms with Gasteiger partial charge in [0.15, 0.2) is 0 Å². The molecule has 3 aromatic rings. The first kappa shape index (κ1) is 33.7. The van der Waals surface area contributed by atoms with Crippen molar-refractivity contribution in [3.63, 3.8) is 0 Å². The van der Waals surface area contributed by atoms with Gasteiger partial charge in [0.05, 0.1) is 29.1 Å². The number of carbonyl (C=O) groups excluding carboxylic acids is 3. The third kappa shape index (κ3) is 7.54. The average Bonchev–Trinajstić information content (AvgIpc) is 3.60. The van der Waals surface area contributed by atoms with Crippen LogP contribution >= 0.6 is 11.6 Å². The lowest BCUT2D eigenvalue weighted by molar-refractivity contribution is -0.128. The Morgan fingerprint density at radius 1 is 1.20 bits per heavy atom. The topological polar surface area (TPSA) is 164 Å². The molecule has 4 rings (SSSR count). The van der Waals surface area contributed by atoms with Gasteiger partial charge in [0.2, 0.25) is 11.8 Å². The van der Waals surface area contributed by atoms with E-state index in [9.17, 15) is 14.4 Å². The SMILES string of the molecule is CN=C(C=CN)C(=O)N[C@H](c1nc2ccc(C(C)(COC)C(=O)NCCNC(C)=O)cc2[nH]1)C(c1ccccc1Cl)C1(C)CC1. The van der Waals surface area contributed by atoms with Gasteiger partial charge in [-0.05, 0) is 66.8 Å². The van der Waals surface area contributed by atoms with Gasteiger partial charge in [0.25, 0.3) is 5.91 Å². The van der Waals surface area contributed by atoms with Crippen molar-refractivity contribution in [2.45, 2.75) is 51.0 Å². The highest BCUT2D eigenvalue weighted by atomic mass is 35.5. The molecule has 0 spiro atoms. The molecule has 3 atom stereocenters. The summed E-state index contributed by atoms with van der Waals surface area (Å²) in [6.45, 7) is 6.15. The number of hydrogen-bond acceptors (Lipinski definition) is 7. The maximum atomic E-state index is 13.5. The van der Waals surface area contributed by atoms with E-state index in [-0.39, 0.29) is 42.0 Å². The molecule has 1 aliphatic rings. The Morgan fingerprint density at radius 2 is 1.91 bits per heavy atom.